The highest BCUT2D eigenvalue weighted by Gasteiger charge is 2.31. The molecule has 0 aliphatic rings. The Hall–Kier alpha value is -0.660. The molecule has 0 saturated carbocycles. The van der Waals surface area contributed by atoms with Gasteiger partial charge in [-0.25, -0.2) is 0 Å². The lowest BCUT2D eigenvalue weighted by Crippen LogP contribution is -2.48. The van der Waals surface area contributed by atoms with E-state index < -0.39 is 10.1 Å². The summed E-state index contributed by atoms with van der Waals surface area (Å²) in [5.74, 6) is -0.120. The fourth-order valence-electron chi connectivity index (χ4n) is 3.35. The normalized spacial score (nSPS) is 14.8. The molecule has 0 aliphatic heterocycles. The Balaban J connectivity index is 4.47. The predicted molar refractivity (Wildman–Crippen MR) is 117 cm³/mol. The van der Waals surface area contributed by atoms with Crippen LogP contribution in [-0.4, -0.2) is 62.8 Å². The van der Waals surface area contributed by atoms with E-state index in [0.29, 0.717) is 29.4 Å². The molecule has 168 valence electrons. The van der Waals surface area contributed by atoms with Gasteiger partial charge in [0, 0.05) is 12.3 Å². The molecule has 0 aliphatic carbocycles. The average Bonchev–Trinajstić information content (AvgIpc) is 2.42. The molecule has 0 rings (SSSR count). The summed E-state index contributed by atoms with van der Waals surface area (Å²) in [6, 6.07) is 0. The summed E-state index contributed by atoms with van der Waals surface area (Å²) < 4.78 is 31.1. The lowest BCUT2D eigenvalue weighted by atomic mass is 9.76. The molecule has 1 amide bonds. The van der Waals surface area contributed by atoms with Crippen LogP contribution >= 0.6 is 0 Å². The van der Waals surface area contributed by atoms with Crippen molar-refractivity contribution >= 4 is 16.0 Å². The SMILES string of the molecule is CC(C)(C)CCCC[C@@H](C(=O)NCC[N+](C)(C)CCCS(=O)(=O)O)C(C)(C)C. The molecule has 0 spiro atoms. The number of quaternary nitrogens is 1. The molecule has 0 radical (unpaired) electrons. The number of carbonyl (C=O) groups is 1. The minimum absolute atomic E-state index is 0.0115. The van der Waals surface area contributed by atoms with E-state index in [1.807, 2.05) is 14.1 Å². The number of likely N-dealkylation sites (N-methyl/N-ethyl adjacent to an activating group) is 1. The van der Waals surface area contributed by atoms with Gasteiger partial charge < -0.3 is 9.80 Å². The van der Waals surface area contributed by atoms with E-state index in [-0.39, 0.29) is 23.0 Å². The van der Waals surface area contributed by atoms with Crippen molar-refractivity contribution in [1.82, 2.24) is 5.32 Å². The fraction of sp³-hybridized carbons (Fsp3) is 0.952. The Kier molecular flexibility index (Phi) is 10.7. The zero-order valence-corrected chi connectivity index (χ0v) is 20.3. The third-order valence-electron chi connectivity index (χ3n) is 5.21. The molecule has 0 fully saturated rings. The summed E-state index contributed by atoms with van der Waals surface area (Å²) in [6.45, 7) is 15.0. The molecule has 28 heavy (non-hydrogen) atoms. The van der Waals surface area contributed by atoms with Gasteiger partial charge in [0.25, 0.3) is 10.1 Å². The van der Waals surface area contributed by atoms with Crippen LogP contribution in [0.2, 0.25) is 0 Å². The van der Waals surface area contributed by atoms with E-state index >= 15 is 0 Å². The Morgan fingerprint density at radius 2 is 1.57 bits per heavy atom. The van der Waals surface area contributed by atoms with Crippen molar-refractivity contribution in [3.05, 3.63) is 0 Å². The molecule has 0 saturated heterocycles. The number of hydrogen-bond donors (Lipinski definition) is 2. The van der Waals surface area contributed by atoms with Crippen LogP contribution in [-0.2, 0) is 14.9 Å². The molecular weight excluding hydrogens is 376 g/mol. The van der Waals surface area contributed by atoms with Crippen LogP contribution in [0.1, 0.15) is 73.6 Å². The van der Waals surface area contributed by atoms with Crippen LogP contribution in [0.15, 0.2) is 0 Å². The quantitative estimate of drug-likeness (QED) is 0.286. The number of rotatable bonds is 12. The minimum atomic E-state index is -3.91. The fourth-order valence-corrected chi connectivity index (χ4v) is 3.85. The first kappa shape index (κ1) is 27.3. The molecule has 0 aromatic rings. The molecule has 0 unspecified atom stereocenters. The van der Waals surface area contributed by atoms with Gasteiger partial charge in [0.1, 0.15) is 0 Å². The summed E-state index contributed by atoms with van der Waals surface area (Å²) in [5, 5.41) is 3.09. The van der Waals surface area contributed by atoms with E-state index in [4.69, 9.17) is 4.55 Å². The maximum absolute atomic E-state index is 12.8. The standard InChI is InChI=1S/C21H44N2O4S/c1-20(2,3)13-10-9-12-18(21(4,5)6)19(24)22-14-16-23(7,8)15-11-17-28(25,26)27/h18H,9-17H2,1-8H3,(H-,22,24,25,26,27)/p+1/t18-/m0/s1. The Morgan fingerprint density at radius 3 is 2.04 bits per heavy atom. The maximum Gasteiger partial charge on any atom is 0.265 e. The third-order valence-corrected chi connectivity index (χ3v) is 6.02. The first-order chi connectivity index (χ1) is 12.4. The Labute approximate surface area is 173 Å². The van der Waals surface area contributed by atoms with E-state index in [2.05, 4.69) is 46.9 Å². The topological polar surface area (TPSA) is 83.5 Å². The second kappa shape index (κ2) is 10.9. The molecule has 0 aromatic carbocycles. The summed E-state index contributed by atoms with van der Waals surface area (Å²) in [7, 11) is 0.0993. The maximum atomic E-state index is 12.8. The highest BCUT2D eigenvalue weighted by molar-refractivity contribution is 7.85. The molecule has 0 bridgehead atoms. The van der Waals surface area contributed by atoms with Crippen LogP contribution in [0.25, 0.3) is 0 Å². The highest BCUT2D eigenvalue weighted by Crippen LogP contribution is 2.31. The molecule has 0 aromatic heterocycles. The van der Waals surface area contributed by atoms with Crippen LogP contribution in [0.5, 0.6) is 0 Å². The summed E-state index contributed by atoms with van der Waals surface area (Å²) in [6.07, 6.45) is 4.67. The molecule has 7 heteroatoms. The number of carbonyl (C=O) groups excluding carboxylic acids is 1. The Morgan fingerprint density at radius 1 is 1.00 bits per heavy atom. The average molecular weight is 422 g/mol. The Bertz CT molecular complexity index is 572. The zero-order valence-electron chi connectivity index (χ0n) is 19.5. The number of amides is 1. The first-order valence-corrected chi connectivity index (χ1v) is 12.1. The van der Waals surface area contributed by atoms with Crippen molar-refractivity contribution < 1.29 is 22.2 Å². The van der Waals surface area contributed by atoms with E-state index in [0.717, 1.165) is 25.8 Å². The molecule has 2 N–H and O–H groups in total. The van der Waals surface area contributed by atoms with Crippen LogP contribution < -0.4 is 5.32 Å². The summed E-state index contributed by atoms with van der Waals surface area (Å²) in [4.78, 5) is 12.8. The zero-order chi connectivity index (χ0) is 22.2. The first-order valence-electron chi connectivity index (χ1n) is 10.5. The summed E-state index contributed by atoms with van der Waals surface area (Å²) in [5.41, 5.74) is 0.254. The van der Waals surface area contributed by atoms with Crippen LogP contribution in [0, 0.1) is 16.7 Å². The molecule has 0 heterocycles. The van der Waals surface area contributed by atoms with Crippen LogP contribution in [0.3, 0.4) is 0 Å². The number of unbranched alkanes of at least 4 members (excludes halogenated alkanes) is 1. The van der Waals surface area contributed by atoms with Gasteiger partial charge in [0.05, 0.1) is 39.5 Å². The monoisotopic (exact) mass is 421 g/mol. The van der Waals surface area contributed by atoms with Crippen molar-refractivity contribution in [3.8, 4) is 0 Å². The molecular formula is C21H45N2O4S+. The van der Waals surface area contributed by atoms with E-state index in [1.165, 1.54) is 6.42 Å². The number of nitrogens with one attached hydrogen (secondary N) is 1. The van der Waals surface area contributed by atoms with Gasteiger partial charge in [-0.05, 0) is 23.7 Å². The minimum Gasteiger partial charge on any atom is -0.350 e. The lowest BCUT2D eigenvalue weighted by Gasteiger charge is -2.32. The third kappa shape index (κ3) is 14.4. The summed E-state index contributed by atoms with van der Waals surface area (Å²) >= 11 is 0. The van der Waals surface area contributed by atoms with Gasteiger partial charge in [-0.1, -0.05) is 54.4 Å². The lowest BCUT2D eigenvalue weighted by molar-refractivity contribution is -0.889. The number of hydrogen-bond acceptors (Lipinski definition) is 3. The van der Waals surface area contributed by atoms with Crippen molar-refractivity contribution in [2.24, 2.45) is 16.7 Å². The smallest absolute Gasteiger partial charge is 0.265 e. The van der Waals surface area contributed by atoms with Gasteiger partial charge in [-0.3, -0.25) is 9.35 Å². The van der Waals surface area contributed by atoms with E-state index in [1.54, 1.807) is 0 Å². The van der Waals surface area contributed by atoms with Crippen LogP contribution in [0.4, 0.5) is 0 Å². The van der Waals surface area contributed by atoms with Crippen molar-refractivity contribution in [2.45, 2.75) is 73.6 Å². The highest BCUT2D eigenvalue weighted by atomic mass is 32.2. The predicted octanol–water partition coefficient (Wildman–Crippen LogP) is 3.73. The van der Waals surface area contributed by atoms with Gasteiger partial charge in [-0.15, -0.1) is 0 Å². The van der Waals surface area contributed by atoms with Crippen molar-refractivity contribution in [2.75, 3.05) is 39.5 Å². The second-order valence-corrected chi connectivity index (χ2v) is 12.6. The van der Waals surface area contributed by atoms with Gasteiger partial charge in [0.2, 0.25) is 5.91 Å². The molecule has 1 atom stereocenters. The van der Waals surface area contributed by atoms with Gasteiger partial charge >= 0.3 is 0 Å². The number of nitrogens with zero attached hydrogens (tertiary/aromatic N) is 1. The van der Waals surface area contributed by atoms with Crippen molar-refractivity contribution in [1.29, 1.82) is 0 Å². The van der Waals surface area contributed by atoms with Gasteiger partial charge in [-0.2, -0.15) is 8.42 Å². The van der Waals surface area contributed by atoms with Gasteiger partial charge in [0.15, 0.2) is 0 Å². The molecule has 6 nitrogen and oxygen atoms in total. The largest absolute Gasteiger partial charge is 0.350 e. The van der Waals surface area contributed by atoms with E-state index in [9.17, 15) is 13.2 Å². The second-order valence-electron chi connectivity index (χ2n) is 11.0. The van der Waals surface area contributed by atoms with Crippen molar-refractivity contribution in [3.63, 3.8) is 0 Å².